The Labute approximate surface area is 169 Å². The van der Waals surface area contributed by atoms with E-state index in [-0.39, 0.29) is 11.3 Å². The number of hydrogen-bond donors (Lipinski definition) is 0. The van der Waals surface area contributed by atoms with E-state index in [1.54, 1.807) is 12.5 Å². The summed E-state index contributed by atoms with van der Waals surface area (Å²) in [6, 6.07) is 9.52. The molecule has 2 saturated heterocycles. The quantitative estimate of drug-likeness (QED) is 0.668. The molecule has 1 amide bonds. The highest BCUT2D eigenvalue weighted by atomic mass is 16.3. The largest absolute Gasteiger partial charge is 0.461 e. The molecule has 29 heavy (non-hydrogen) atoms. The van der Waals surface area contributed by atoms with Crippen molar-refractivity contribution in [2.24, 2.45) is 5.41 Å². The number of furan rings is 1. The summed E-state index contributed by atoms with van der Waals surface area (Å²) >= 11 is 0. The summed E-state index contributed by atoms with van der Waals surface area (Å²) in [5, 5.41) is 0. The molecule has 0 bridgehead atoms. The van der Waals surface area contributed by atoms with Crippen molar-refractivity contribution in [3.63, 3.8) is 0 Å². The lowest BCUT2D eigenvalue weighted by Crippen LogP contribution is -2.36. The van der Waals surface area contributed by atoms with Gasteiger partial charge in [0.25, 0.3) is 0 Å². The number of hydrogen-bond acceptors (Lipinski definition) is 6. The van der Waals surface area contributed by atoms with Crippen LogP contribution in [0.4, 0.5) is 0 Å². The molecule has 7 heteroatoms. The zero-order valence-electron chi connectivity index (χ0n) is 16.2. The van der Waals surface area contributed by atoms with Crippen LogP contribution in [-0.2, 0) is 17.9 Å². The SMILES string of the molecule is O=C1N(Cc2ccccn2)CCC12CCN(Cc1cnc(-c3ccco3)nc1)C2. The first kappa shape index (κ1) is 18.0. The van der Waals surface area contributed by atoms with Gasteiger partial charge in [0.05, 0.1) is 23.9 Å². The molecule has 2 fully saturated rings. The Morgan fingerprint density at radius 1 is 1.00 bits per heavy atom. The van der Waals surface area contributed by atoms with Crippen LogP contribution in [-0.4, -0.2) is 50.3 Å². The molecule has 3 aromatic rings. The predicted molar refractivity (Wildman–Crippen MR) is 106 cm³/mol. The second-order valence-corrected chi connectivity index (χ2v) is 7.93. The number of carbonyl (C=O) groups is 1. The van der Waals surface area contributed by atoms with Gasteiger partial charge in [-0.1, -0.05) is 6.07 Å². The van der Waals surface area contributed by atoms with Crippen molar-refractivity contribution >= 4 is 5.91 Å². The number of amides is 1. The topological polar surface area (TPSA) is 75.4 Å². The van der Waals surface area contributed by atoms with Crippen molar-refractivity contribution < 1.29 is 9.21 Å². The van der Waals surface area contributed by atoms with Crippen molar-refractivity contribution in [1.29, 1.82) is 0 Å². The summed E-state index contributed by atoms with van der Waals surface area (Å²) in [6.45, 7) is 3.88. The Morgan fingerprint density at radius 3 is 2.62 bits per heavy atom. The first-order valence-electron chi connectivity index (χ1n) is 9.98. The summed E-state index contributed by atoms with van der Waals surface area (Å²) in [4.78, 5) is 30.6. The minimum absolute atomic E-state index is 0.246. The number of aromatic nitrogens is 3. The summed E-state index contributed by atoms with van der Waals surface area (Å²) in [7, 11) is 0. The molecule has 0 radical (unpaired) electrons. The van der Waals surface area contributed by atoms with Crippen molar-refractivity contribution in [1.82, 2.24) is 24.8 Å². The number of nitrogens with zero attached hydrogens (tertiary/aromatic N) is 5. The van der Waals surface area contributed by atoms with Crippen LogP contribution in [0, 0.1) is 5.41 Å². The van der Waals surface area contributed by atoms with Crippen LogP contribution >= 0.6 is 0 Å². The first-order chi connectivity index (χ1) is 14.2. The van der Waals surface area contributed by atoms with E-state index in [4.69, 9.17) is 4.42 Å². The number of pyridine rings is 1. The van der Waals surface area contributed by atoms with Gasteiger partial charge in [-0.3, -0.25) is 14.7 Å². The first-order valence-corrected chi connectivity index (χ1v) is 9.98. The van der Waals surface area contributed by atoms with E-state index in [1.807, 2.05) is 47.6 Å². The summed E-state index contributed by atoms with van der Waals surface area (Å²) < 4.78 is 5.34. The minimum atomic E-state index is -0.246. The van der Waals surface area contributed by atoms with E-state index in [1.165, 1.54) is 0 Å². The maximum Gasteiger partial charge on any atom is 0.230 e. The third-order valence-corrected chi connectivity index (χ3v) is 5.97. The second kappa shape index (κ2) is 7.40. The molecular formula is C22H23N5O2. The minimum Gasteiger partial charge on any atom is -0.461 e. The van der Waals surface area contributed by atoms with Gasteiger partial charge in [0.2, 0.25) is 5.91 Å². The lowest BCUT2D eigenvalue weighted by Gasteiger charge is -2.23. The van der Waals surface area contributed by atoms with E-state index in [2.05, 4.69) is 19.9 Å². The molecule has 2 aliphatic rings. The Morgan fingerprint density at radius 2 is 1.86 bits per heavy atom. The van der Waals surface area contributed by atoms with Gasteiger partial charge in [-0.2, -0.15) is 0 Å². The summed E-state index contributed by atoms with van der Waals surface area (Å²) in [5.41, 5.74) is 1.75. The van der Waals surface area contributed by atoms with Gasteiger partial charge in [0.15, 0.2) is 11.6 Å². The zero-order valence-corrected chi connectivity index (χ0v) is 16.2. The van der Waals surface area contributed by atoms with E-state index in [9.17, 15) is 4.79 Å². The van der Waals surface area contributed by atoms with Crippen molar-refractivity contribution in [2.45, 2.75) is 25.9 Å². The number of carbonyl (C=O) groups excluding carboxylic acids is 1. The Hall–Kier alpha value is -3.06. The van der Waals surface area contributed by atoms with E-state index in [0.29, 0.717) is 18.1 Å². The van der Waals surface area contributed by atoms with Crippen LogP contribution in [0.15, 0.2) is 59.6 Å². The molecule has 5 rings (SSSR count). The van der Waals surface area contributed by atoms with Crippen molar-refractivity contribution in [3.05, 3.63) is 66.4 Å². The van der Waals surface area contributed by atoms with Gasteiger partial charge in [-0.05, 0) is 43.7 Å². The van der Waals surface area contributed by atoms with E-state index >= 15 is 0 Å². The summed E-state index contributed by atoms with van der Waals surface area (Å²) in [6.07, 6.45) is 8.92. The zero-order chi connectivity index (χ0) is 19.7. The lowest BCUT2D eigenvalue weighted by atomic mass is 9.85. The van der Waals surface area contributed by atoms with Gasteiger partial charge in [0, 0.05) is 43.8 Å². The molecule has 0 aromatic carbocycles. The second-order valence-electron chi connectivity index (χ2n) is 7.93. The van der Waals surface area contributed by atoms with E-state index in [0.717, 1.165) is 50.3 Å². The van der Waals surface area contributed by atoms with Crippen LogP contribution in [0.5, 0.6) is 0 Å². The van der Waals surface area contributed by atoms with Crippen molar-refractivity contribution in [2.75, 3.05) is 19.6 Å². The number of rotatable bonds is 5. The highest BCUT2D eigenvalue weighted by Gasteiger charge is 2.50. The molecule has 1 spiro atoms. The maximum atomic E-state index is 13.1. The van der Waals surface area contributed by atoms with Crippen LogP contribution < -0.4 is 0 Å². The van der Waals surface area contributed by atoms with Gasteiger partial charge >= 0.3 is 0 Å². The molecule has 148 valence electrons. The standard InChI is InChI=1S/C22H23N5O2/c28-21-22(7-10-27(21)15-18-4-1-2-8-23-18)6-9-26(16-22)14-17-12-24-20(25-13-17)19-5-3-11-29-19/h1-5,8,11-13H,6-7,9-10,14-16H2. The maximum absolute atomic E-state index is 13.1. The van der Waals surface area contributed by atoms with Gasteiger partial charge < -0.3 is 9.32 Å². The molecule has 0 saturated carbocycles. The predicted octanol–water partition coefficient (Wildman–Crippen LogP) is 2.76. The molecule has 5 heterocycles. The molecule has 2 aliphatic heterocycles. The van der Waals surface area contributed by atoms with Gasteiger partial charge in [-0.15, -0.1) is 0 Å². The highest BCUT2D eigenvalue weighted by molar-refractivity contribution is 5.85. The average Bonchev–Trinajstić information content (AvgIpc) is 3.48. The Bertz CT molecular complexity index is 974. The van der Waals surface area contributed by atoms with Crippen LogP contribution in [0.25, 0.3) is 11.6 Å². The summed E-state index contributed by atoms with van der Waals surface area (Å²) in [5.74, 6) is 1.53. The Balaban J connectivity index is 1.21. The monoisotopic (exact) mass is 389 g/mol. The normalized spacial score (nSPS) is 22.1. The molecular weight excluding hydrogens is 366 g/mol. The fourth-order valence-corrected chi connectivity index (χ4v) is 4.43. The third kappa shape index (κ3) is 3.53. The lowest BCUT2D eigenvalue weighted by molar-refractivity contribution is -0.136. The Kier molecular flexibility index (Phi) is 4.60. The molecule has 3 aromatic heterocycles. The fourth-order valence-electron chi connectivity index (χ4n) is 4.43. The van der Waals surface area contributed by atoms with Gasteiger partial charge in [-0.25, -0.2) is 9.97 Å². The van der Waals surface area contributed by atoms with Gasteiger partial charge in [0.1, 0.15) is 0 Å². The fraction of sp³-hybridized carbons (Fsp3) is 0.364. The molecule has 0 N–H and O–H groups in total. The molecule has 1 atom stereocenters. The van der Waals surface area contributed by atoms with Crippen LogP contribution in [0.1, 0.15) is 24.1 Å². The van der Waals surface area contributed by atoms with Crippen molar-refractivity contribution in [3.8, 4) is 11.6 Å². The average molecular weight is 389 g/mol. The van der Waals surface area contributed by atoms with Crippen LogP contribution in [0.2, 0.25) is 0 Å². The smallest absolute Gasteiger partial charge is 0.230 e. The molecule has 7 nitrogen and oxygen atoms in total. The molecule has 0 aliphatic carbocycles. The number of likely N-dealkylation sites (tertiary alicyclic amines) is 2. The van der Waals surface area contributed by atoms with Crippen LogP contribution in [0.3, 0.4) is 0 Å². The third-order valence-electron chi connectivity index (χ3n) is 5.97. The van der Waals surface area contributed by atoms with E-state index < -0.39 is 0 Å². The molecule has 1 unspecified atom stereocenters. The highest BCUT2D eigenvalue weighted by Crippen LogP contribution is 2.41.